The van der Waals surface area contributed by atoms with Gasteiger partial charge in [0.2, 0.25) is 0 Å². The van der Waals surface area contributed by atoms with Gasteiger partial charge in [-0.05, 0) is 24.1 Å². The number of Topliss-reactive ketones (excluding diaryl/α,β-unsaturated/α-hetero) is 3. The molecule has 112 valence electrons. The SMILES string of the molecule is O=C1CCCC(=O)C1C(=O)c1ccc(CS(=O)[O-])cc1Cl. The van der Waals surface area contributed by atoms with E-state index in [4.69, 9.17) is 11.6 Å². The maximum absolute atomic E-state index is 12.3. The van der Waals surface area contributed by atoms with Gasteiger partial charge in [0.15, 0.2) is 17.3 Å². The number of halogens is 1. The first-order valence-electron chi connectivity index (χ1n) is 6.34. The highest BCUT2D eigenvalue weighted by atomic mass is 35.5. The molecular weight excluding hydrogens is 316 g/mol. The van der Waals surface area contributed by atoms with Gasteiger partial charge in [-0.25, -0.2) is 0 Å². The molecule has 0 aliphatic heterocycles. The molecule has 21 heavy (non-hydrogen) atoms. The van der Waals surface area contributed by atoms with Gasteiger partial charge in [-0.3, -0.25) is 18.6 Å². The highest BCUT2D eigenvalue weighted by molar-refractivity contribution is 7.78. The van der Waals surface area contributed by atoms with Crippen LogP contribution in [0.25, 0.3) is 0 Å². The van der Waals surface area contributed by atoms with E-state index in [1.54, 1.807) is 0 Å². The van der Waals surface area contributed by atoms with Crippen LogP contribution in [-0.4, -0.2) is 26.1 Å². The average molecular weight is 328 g/mol. The zero-order chi connectivity index (χ0) is 15.6. The Labute approximate surface area is 129 Å². The van der Waals surface area contributed by atoms with E-state index in [0.29, 0.717) is 12.0 Å². The average Bonchev–Trinajstić information content (AvgIpc) is 2.37. The van der Waals surface area contributed by atoms with Crippen LogP contribution in [0, 0.1) is 5.92 Å². The van der Waals surface area contributed by atoms with Crippen molar-refractivity contribution < 1.29 is 23.1 Å². The van der Waals surface area contributed by atoms with Crippen molar-refractivity contribution in [2.75, 3.05) is 0 Å². The van der Waals surface area contributed by atoms with Crippen LogP contribution in [0.4, 0.5) is 0 Å². The van der Waals surface area contributed by atoms with E-state index >= 15 is 0 Å². The van der Waals surface area contributed by atoms with Gasteiger partial charge in [0.05, 0.1) is 5.02 Å². The Kier molecular flexibility index (Phi) is 5.03. The molecule has 0 bridgehead atoms. The summed E-state index contributed by atoms with van der Waals surface area (Å²) >= 11 is 3.72. The molecule has 1 aromatic carbocycles. The highest BCUT2D eigenvalue weighted by Crippen LogP contribution is 2.26. The summed E-state index contributed by atoms with van der Waals surface area (Å²) in [7, 11) is 0. The Balaban J connectivity index is 2.28. The van der Waals surface area contributed by atoms with Gasteiger partial charge in [-0.15, -0.1) is 0 Å². The molecule has 2 rings (SSSR count). The predicted octanol–water partition coefficient (Wildman–Crippen LogP) is 1.84. The summed E-state index contributed by atoms with van der Waals surface area (Å²) in [6.45, 7) is 0. The van der Waals surface area contributed by atoms with E-state index in [1.807, 2.05) is 0 Å². The number of benzene rings is 1. The largest absolute Gasteiger partial charge is 0.772 e. The van der Waals surface area contributed by atoms with E-state index < -0.39 is 22.8 Å². The molecular formula is C14H12ClO5S-. The molecule has 0 amide bonds. The third-order valence-electron chi connectivity index (χ3n) is 3.34. The van der Waals surface area contributed by atoms with Gasteiger partial charge < -0.3 is 4.55 Å². The molecule has 1 aliphatic carbocycles. The maximum atomic E-state index is 12.3. The smallest absolute Gasteiger partial charge is 0.182 e. The number of carbonyl (C=O) groups is 3. The van der Waals surface area contributed by atoms with Crippen molar-refractivity contribution in [3.8, 4) is 0 Å². The fraction of sp³-hybridized carbons (Fsp3) is 0.357. The van der Waals surface area contributed by atoms with Gasteiger partial charge in [0.1, 0.15) is 5.92 Å². The molecule has 1 aliphatic rings. The normalized spacial score (nSPS) is 17.8. The van der Waals surface area contributed by atoms with Crippen molar-refractivity contribution in [2.24, 2.45) is 5.92 Å². The molecule has 0 radical (unpaired) electrons. The standard InChI is InChI=1S/C14H13ClO5S/c15-10-6-8(7-21(19)20)4-5-9(10)14(18)13-11(16)2-1-3-12(13)17/h4-6,13H,1-3,7H2,(H,19,20)/p-1. The van der Waals surface area contributed by atoms with Crippen LogP contribution in [0.15, 0.2) is 18.2 Å². The number of rotatable bonds is 4. The summed E-state index contributed by atoms with van der Waals surface area (Å²) in [6.07, 6.45) is 0.906. The van der Waals surface area contributed by atoms with Crippen LogP contribution in [0.2, 0.25) is 5.02 Å². The molecule has 5 nitrogen and oxygen atoms in total. The Morgan fingerprint density at radius 3 is 2.43 bits per heavy atom. The molecule has 1 fully saturated rings. The lowest BCUT2D eigenvalue weighted by atomic mass is 9.81. The van der Waals surface area contributed by atoms with Gasteiger partial charge in [-0.1, -0.05) is 28.7 Å². The lowest BCUT2D eigenvalue weighted by molar-refractivity contribution is -0.133. The fourth-order valence-corrected chi connectivity index (χ4v) is 3.09. The van der Waals surface area contributed by atoms with Crippen molar-refractivity contribution >= 4 is 40.0 Å². The first-order chi connectivity index (χ1) is 9.90. The van der Waals surface area contributed by atoms with Crippen molar-refractivity contribution in [1.82, 2.24) is 0 Å². The highest BCUT2D eigenvalue weighted by Gasteiger charge is 2.37. The number of hydrogen-bond donors (Lipinski definition) is 0. The molecule has 0 heterocycles. The Morgan fingerprint density at radius 2 is 1.90 bits per heavy atom. The quantitative estimate of drug-likeness (QED) is 0.478. The number of ketones is 3. The van der Waals surface area contributed by atoms with Crippen LogP contribution in [0.5, 0.6) is 0 Å². The first kappa shape index (κ1) is 16.0. The molecule has 1 atom stereocenters. The second kappa shape index (κ2) is 6.60. The molecule has 0 aromatic heterocycles. The second-order valence-corrected chi connectivity index (χ2v) is 6.15. The van der Waals surface area contributed by atoms with Gasteiger partial charge in [0.25, 0.3) is 0 Å². The summed E-state index contributed by atoms with van der Waals surface area (Å²) < 4.78 is 21.3. The lowest BCUT2D eigenvalue weighted by Crippen LogP contribution is -2.35. The lowest BCUT2D eigenvalue weighted by Gasteiger charge is -2.19. The van der Waals surface area contributed by atoms with E-state index in [9.17, 15) is 23.1 Å². The molecule has 7 heteroatoms. The van der Waals surface area contributed by atoms with E-state index in [-0.39, 0.29) is 40.7 Å². The molecule has 0 spiro atoms. The predicted molar refractivity (Wildman–Crippen MR) is 75.8 cm³/mol. The van der Waals surface area contributed by atoms with Crippen molar-refractivity contribution in [3.05, 3.63) is 34.3 Å². The zero-order valence-electron chi connectivity index (χ0n) is 11.0. The van der Waals surface area contributed by atoms with Crippen molar-refractivity contribution in [2.45, 2.75) is 25.0 Å². The fourth-order valence-electron chi connectivity index (χ4n) is 2.34. The summed E-state index contributed by atoms with van der Waals surface area (Å²) in [5.74, 6) is -2.84. The molecule has 0 saturated heterocycles. The Hall–Kier alpha value is -1.37. The van der Waals surface area contributed by atoms with Crippen LogP contribution >= 0.6 is 11.6 Å². The van der Waals surface area contributed by atoms with Gasteiger partial charge in [0, 0.05) is 24.2 Å². The zero-order valence-corrected chi connectivity index (χ0v) is 12.5. The Morgan fingerprint density at radius 1 is 1.29 bits per heavy atom. The van der Waals surface area contributed by atoms with Crippen molar-refractivity contribution in [1.29, 1.82) is 0 Å². The Bertz CT molecular complexity index is 624. The van der Waals surface area contributed by atoms with E-state index in [1.165, 1.54) is 18.2 Å². The first-order valence-corrected chi connectivity index (χ1v) is 7.96. The van der Waals surface area contributed by atoms with Crippen LogP contribution < -0.4 is 0 Å². The second-order valence-electron chi connectivity index (χ2n) is 4.85. The molecule has 1 aromatic rings. The van der Waals surface area contributed by atoms with Crippen molar-refractivity contribution in [3.63, 3.8) is 0 Å². The monoisotopic (exact) mass is 327 g/mol. The van der Waals surface area contributed by atoms with Crippen LogP contribution in [0.3, 0.4) is 0 Å². The number of carbonyl (C=O) groups excluding carboxylic acids is 3. The summed E-state index contributed by atoms with van der Waals surface area (Å²) in [6, 6.07) is 4.18. The van der Waals surface area contributed by atoms with E-state index in [0.717, 1.165) is 0 Å². The number of hydrogen-bond acceptors (Lipinski definition) is 5. The minimum atomic E-state index is -2.26. The van der Waals surface area contributed by atoms with Crippen LogP contribution in [-0.2, 0) is 26.4 Å². The van der Waals surface area contributed by atoms with Crippen LogP contribution in [0.1, 0.15) is 35.2 Å². The van der Waals surface area contributed by atoms with Gasteiger partial charge in [-0.2, -0.15) is 0 Å². The molecule has 0 N–H and O–H groups in total. The third kappa shape index (κ3) is 3.64. The van der Waals surface area contributed by atoms with E-state index in [2.05, 4.69) is 0 Å². The molecule has 1 unspecified atom stereocenters. The molecule has 1 saturated carbocycles. The summed E-state index contributed by atoms with van der Waals surface area (Å²) in [4.78, 5) is 35.9. The summed E-state index contributed by atoms with van der Waals surface area (Å²) in [5, 5.41) is 0.0501. The van der Waals surface area contributed by atoms with Gasteiger partial charge >= 0.3 is 0 Å². The third-order valence-corrected chi connectivity index (χ3v) is 4.22. The minimum Gasteiger partial charge on any atom is -0.772 e. The minimum absolute atomic E-state index is 0.0501. The summed E-state index contributed by atoms with van der Waals surface area (Å²) in [5.41, 5.74) is 0.511. The maximum Gasteiger partial charge on any atom is 0.182 e. The topological polar surface area (TPSA) is 91.3 Å².